The van der Waals surface area contributed by atoms with Crippen molar-refractivity contribution >= 4 is 11.3 Å². The van der Waals surface area contributed by atoms with Gasteiger partial charge in [-0.2, -0.15) is 0 Å². The van der Waals surface area contributed by atoms with Crippen molar-refractivity contribution in [1.82, 2.24) is 10.3 Å². The Hall–Kier alpha value is -0.450. The van der Waals surface area contributed by atoms with Gasteiger partial charge in [0.2, 0.25) is 0 Å². The Bertz CT molecular complexity index is 272. The van der Waals surface area contributed by atoms with Gasteiger partial charge in [0.1, 0.15) is 5.01 Å². The van der Waals surface area contributed by atoms with Crippen molar-refractivity contribution in [3.63, 3.8) is 0 Å². The molecule has 1 aromatic heterocycles. The van der Waals surface area contributed by atoms with E-state index in [1.54, 1.807) is 11.3 Å². The maximum absolute atomic E-state index is 5.38. The lowest BCUT2D eigenvalue weighted by Gasteiger charge is -2.28. The molecule has 0 saturated heterocycles. The molecule has 0 amide bonds. The Kier molecular flexibility index (Phi) is 4.70. The largest absolute Gasteiger partial charge is 0.380 e. The molecule has 0 aliphatic heterocycles. The van der Waals surface area contributed by atoms with Crippen molar-refractivity contribution in [3.8, 4) is 0 Å². The van der Waals surface area contributed by atoms with Gasteiger partial charge in [0.25, 0.3) is 0 Å². The van der Waals surface area contributed by atoms with Crippen LogP contribution in [0.1, 0.15) is 32.7 Å². The number of thiazole rings is 1. The van der Waals surface area contributed by atoms with Crippen LogP contribution < -0.4 is 5.32 Å². The van der Waals surface area contributed by atoms with Crippen LogP contribution in [0.3, 0.4) is 0 Å². The molecule has 1 atom stereocenters. The molecular weight excluding hydrogens is 208 g/mol. The van der Waals surface area contributed by atoms with Crippen LogP contribution in [0.2, 0.25) is 0 Å². The number of aromatic nitrogens is 1. The fourth-order valence-electron chi connectivity index (χ4n) is 1.55. The van der Waals surface area contributed by atoms with E-state index in [0.29, 0.717) is 6.04 Å². The lowest BCUT2D eigenvalue weighted by Crippen LogP contribution is -2.44. The molecule has 0 fully saturated rings. The molecule has 0 aliphatic rings. The molecule has 1 N–H and O–H groups in total. The molecule has 0 saturated carbocycles. The van der Waals surface area contributed by atoms with E-state index in [1.807, 2.05) is 18.5 Å². The predicted molar refractivity (Wildman–Crippen MR) is 64.2 cm³/mol. The summed E-state index contributed by atoms with van der Waals surface area (Å²) in [6, 6.07) is 0.337. The fourth-order valence-corrected chi connectivity index (χ4v) is 2.27. The zero-order valence-electron chi connectivity index (χ0n) is 9.91. The third-order valence-electron chi connectivity index (χ3n) is 2.15. The standard InChI is InChI=1S/C11H20N2OS/c1-5-14-8-9(2)13-11(3,4)10-12-6-7-15-10/h6-7,9,13H,5,8H2,1-4H3. The Morgan fingerprint density at radius 3 is 2.87 bits per heavy atom. The number of nitrogens with one attached hydrogen (secondary N) is 1. The smallest absolute Gasteiger partial charge is 0.112 e. The normalized spacial score (nSPS) is 14.1. The highest BCUT2D eigenvalue weighted by Gasteiger charge is 2.24. The highest BCUT2D eigenvalue weighted by Crippen LogP contribution is 2.22. The van der Waals surface area contributed by atoms with Gasteiger partial charge < -0.3 is 10.1 Å². The molecule has 15 heavy (non-hydrogen) atoms. The van der Waals surface area contributed by atoms with E-state index in [1.165, 1.54) is 0 Å². The maximum Gasteiger partial charge on any atom is 0.112 e. The summed E-state index contributed by atoms with van der Waals surface area (Å²) in [5.41, 5.74) is -0.0787. The first kappa shape index (κ1) is 12.6. The first-order valence-corrected chi connectivity index (χ1v) is 6.19. The zero-order valence-corrected chi connectivity index (χ0v) is 10.7. The van der Waals surface area contributed by atoms with Gasteiger partial charge in [-0.15, -0.1) is 11.3 Å². The molecule has 0 bridgehead atoms. The van der Waals surface area contributed by atoms with Gasteiger partial charge >= 0.3 is 0 Å². The van der Waals surface area contributed by atoms with Gasteiger partial charge in [-0.05, 0) is 27.7 Å². The van der Waals surface area contributed by atoms with Gasteiger partial charge in [0.05, 0.1) is 12.1 Å². The first-order valence-electron chi connectivity index (χ1n) is 5.31. The molecule has 1 unspecified atom stereocenters. The average molecular weight is 228 g/mol. The number of hydrogen-bond acceptors (Lipinski definition) is 4. The quantitative estimate of drug-likeness (QED) is 0.812. The van der Waals surface area contributed by atoms with E-state index in [0.717, 1.165) is 18.2 Å². The minimum atomic E-state index is -0.0787. The molecular formula is C11H20N2OS. The van der Waals surface area contributed by atoms with Gasteiger partial charge in [-0.3, -0.25) is 0 Å². The molecule has 3 nitrogen and oxygen atoms in total. The average Bonchev–Trinajstić information content (AvgIpc) is 2.67. The molecule has 0 radical (unpaired) electrons. The lowest BCUT2D eigenvalue weighted by atomic mass is 10.1. The minimum absolute atomic E-state index is 0.0787. The molecule has 4 heteroatoms. The third kappa shape index (κ3) is 3.89. The lowest BCUT2D eigenvalue weighted by molar-refractivity contribution is 0.117. The predicted octanol–water partition coefficient (Wildman–Crippen LogP) is 2.39. The van der Waals surface area contributed by atoms with Crippen LogP contribution in [0.5, 0.6) is 0 Å². The highest BCUT2D eigenvalue weighted by atomic mass is 32.1. The van der Waals surface area contributed by atoms with Crippen molar-refractivity contribution in [1.29, 1.82) is 0 Å². The highest BCUT2D eigenvalue weighted by molar-refractivity contribution is 7.09. The van der Waals surface area contributed by atoms with Crippen LogP contribution in [-0.4, -0.2) is 24.2 Å². The van der Waals surface area contributed by atoms with Gasteiger partial charge in [0, 0.05) is 24.2 Å². The summed E-state index contributed by atoms with van der Waals surface area (Å²) in [5, 5.41) is 6.64. The molecule has 0 aromatic carbocycles. The summed E-state index contributed by atoms with van der Waals surface area (Å²) in [6.07, 6.45) is 1.84. The first-order chi connectivity index (χ1) is 7.06. The second-order valence-corrected chi connectivity index (χ2v) is 5.06. The van der Waals surface area contributed by atoms with Crippen LogP contribution in [0.15, 0.2) is 11.6 Å². The number of rotatable bonds is 6. The minimum Gasteiger partial charge on any atom is -0.380 e. The number of nitrogens with zero attached hydrogens (tertiary/aromatic N) is 1. The van der Waals surface area contributed by atoms with Crippen molar-refractivity contribution in [3.05, 3.63) is 16.6 Å². The zero-order chi connectivity index (χ0) is 11.3. The number of ether oxygens (including phenoxy) is 1. The van der Waals surface area contributed by atoms with E-state index in [9.17, 15) is 0 Å². The summed E-state index contributed by atoms with van der Waals surface area (Å²) in [6.45, 7) is 9.95. The summed E-state index contributed by atoms with van der Waals surface area (Å²) < 4.78 is 5.38. The summed E-state index contributed by atoms with van der Waals surface area (Å²) in [5.74, 6) is 0. The van der Waals surface area contributed by atoms with Crippen molar-refractivity contribution in [2.24, 2.45) is 0 Å². The fraction of sp³-hybridized carbons (Fsp3) is 0.727. The summed E-state index contributed by atoms with van der Waals surface area (Å²) in [7, 11) is 0. The second kappa shape index (κ2) is 5.58. The molecule has 86 valence electrons. The Labute approximate surface area is 95.9 Å². The molecule has 1 aromatic rings. The van der Waals surface area contributed by atoms with Crippen LogP contribution >= 0.6 is 11.3 Å². The summed E-state index contributed by atoms with van der Waals surface area (Å²) >= 11 is 1.68. The van der Waals surface area contributed by atoms with E-state index in [-0.39, 0.29) is 5.54 Å². The van der Waals surface area contributed by atoms with Gasteiger partial charge in [0.15, 0.2) is 0 Å². The SMILES string of the molecule is CCOCC(C)NC(C)(C)c1nccs1. The number of hydrogen-bond donors (Lipinski definition) is 1. The second-order valence-electron chi connectivity index (χ2n) is 4.17. The van der Waals surface area contributed by atoms with Crippen molar-refractivity contribution < 1.29 is 4.74 Å². The van der Waals surface area contributed by atoms with E-state index >= 15 is 0 Å². The summed E-state index contributed by atoms with van der Waals surface area (Å²) in [4.78, 5) is 4.34. The van der Waals surface area contributed by atoms with Crippen LogP contribution in [-0.2, 0) is 10.3 Å². The van der Waals surface area contributed by atoms with Gasteiger partial charge in [-0.25, -0.2) is 4.98 Å². The van der Waals surface area contributed by atoms with Gasteiger partial charge in [-0.1, -0.05) is 0 Å². The monoisotopic (exact) mass is 228 g/mol. The topological polar surface area (TPSA) is 34.1 Å². The molecule has 0 aliphatic carbocycles. The van der Waals surface area contributed by atoms with Crippen LogP contribution in [0.25, 0.3) is 0 Å². The molecule has 1 rings (SSSR count). The Morgan fingerprint density at radius 2 is 2.33 bits per heavy atom. The van der Waals surface area contributed by atoms with Crippen LogP contribution in [0, 0.1) is 0 Å². The van der Waals surface area contributed by atoms with E-state index in [4.69, 9.17) is 4.74 Å². The maximum atomic E-state index is 5.38. The van der Waals surface area contributed by atoms with Crippen molar-refractivity contribution in [2.75, 3.05) is 13.2 Å². The molecule has 0 spiro atoms. The van der Waals surface area contributed by atoms with Crippen molar-refractivity contribution in [2.45, 2.75) is 39.3 Å². The van der Waals surface area contributed by atoms with E-state index < -0.39 is 0 Å². The van der Waals surface area contributed by atoms with Crippen LogP contribution in [0.4, 0.5) is 0 Å². The van der Waals surface area contributed by atoms with E-state index in [2.05, 4.69) is 31.1 Å². The third-order valence-corrected chi connectivity index (χ3v) is 3.24. The molecule has 1 heterocycles. The Balaban J connectivity index is 2.49. The Morgan fingerprint density at radius 1 is 1.60 bits per heavy atom.